The number of nitrogens with zero attached hydrogens (tertiary/aromatic N) is 3. The first-order valence-electron chi connectivity index (χ1n) is 10.2. The minimum atomic E-state index is -4.24. The average Bonchev–Trinajstić information content (AvgIpc) is 3.43. The Labute approximate surface area is 178 Å². The van der Waals surface area contributed by atoms with Crippen molar-refractivity contribution < 1.29 is 27.1 Å². The van der Waals surface area contributed by atoms with E-state index in [-0.39, 0.29) is 25.4 Å². The van der Waals surface area contributed by atoms with Crippen LogP contribution in [0.2, 0.25) is 0 Å². The van der Waals surface area contributed by atoms with E-state index in [1.165, 1.54) is 11.3 Å². The molecule has 1 amide bonds. The Bertz CT molecular complexity index is 926. The first-order valence-corrected chi connectivity index (χ1v) is 10.2. The number of hydrogen-bond acceptors (Lipinski definition) is 5. The first-order chi connectivity index (χ1) is 14.8. The largest absolute Gasteiger partial charge is 0.497 e. The molecule has 0 N–H and O–H groups in total. The van der Waals surface area contributed by atoms with Gasteiger partial charge in [0, 0.05) is 13.0 Å². The van der Waals surface area contributed by atoms with E-state index in [1.807, 2.05) is 24.3 Å². The number of ether oxygens (including phenoxy) is 1. The van der Waals surface area contributed by atoms with E-state index >= 15 is 0 Å². The molecule has 0 spiro atoms. The van der Waals surface area contributed by atoms with Gasteiger partial charge < -0.3 is 9.15 Å². The van der Waals surface area contributed by atoms with Gasteiger partial charge in [-0.05, 0) is 61.3 Å². The van der Waals surface area contributed by atoms with Crippen molar-refractivity contribution in [3.8, 4) is 5.75 Å². The van der Waals surface area contributed by atoms with Crippen LogP contribution in [-0.2, 0) is 4.79 Å². The number of piperidine rings is 1. The minimum absolute atomic E-state index is 0.104. The zero-order chi connectivity index (χ0) is 22.0. The molecule has 9 heteroatoms. The summed E-state index contributed by atoms with van der Waals surface area (Å²) in [6.45, 7) is 0.194. The van der Waals surface area contributed by atoms with Crippen LogP contribution in [0.25, 0.3) is 0 Å². The Balaban J connectivity index is 1.52. The topological polar surface area (TPSA) is 58.3 Å². The summed E-state index contributed by atoms with van der Waals surface area (Å²) in [4.78, 5) is 14.7. The fourth-order valence-corrected chi connectivity index (χ4v) is 4.13. The Hall–Kier alpha value is -2.81. The molecule has 1 saturated heterocycles. The summed E-state index contributed by atoms with van der Waals surface area (Å²) in [5, 5.41) is 5.89. The predicted molar refractivity (Wildman–Crippen MR) is 108 cm³/mol. The third-order valence-corrected chi connectivity index (χ3v) is 5.79. The van der Waals surface area contributed by atoms with Crippen molar-refractivity contribution in [3.63, 3.8) is 0 Å². The van der Waals surface area contributed by atoms with Gasteiger partial charge in [-0.15, -0.1) is 0 Å². The molecular weight excluding hydrogens is 411 g/mol. The van der Waals surface area contributed by atoms with Gasteiger partial charge in [-0.1, -0.05) is 0 Å². The molecule has 1 aromatic heterocycles. The lowest BCUT2D eigenvalue weighted by atomic mass is 9.97. The molecule has 6 nitrogen and oxygen atoms in total. The standard InChI is InChI=1S/C22H24F3N3O3/c1-30-17-8-6-15(7-9-17)18-12-19(20-5-3-11-31-20)28(26-18)21(29)14-27-10-2-4-16(13-27)22(23,24)25/h3,5-9,11,16,19H,2,4,10,12-14H2,1H3. The summed E-state index contributed by atoms with van der Waals surface area (Å²) in [5.41, 5.74) is 1.56. The van der Waals surface area contributed by atoms with Crippen LogP contribution in [0.1, 0.15) is 36.6 Å². The number of methoxy groups -OCH3 is 1. The summed E-state index contributed by atoms with van der Waals surface area (Å²) in [5.74, 6) is -0.436. The van der Waals surface area contributed by atoms with E-state index in [0.717, 1.165) is 5.56 Å². The third-order valence-electron chi connectivity index (χ3n) is 5.79. The quantitative estimate of drug-likeness (QED) is 0.705. The highest BCUT2D eigenvalue weighted by Gasteiger charge is 2.43. The van der Waals surface area contributed by atoms with Gasteiger partial charge >= 0.3 is 6.18 Å². The van der Waals surface area contributed by atoms with Crippen LogP contribution in [-0.4, -0.2) is 54.4 Å². The van der Waals surface area contributed by atoms with Crippen molar-refractivity contribution in [1.29, 1.82) is 0 Å². The van der Waals surface area contributed by atoms with Gasteiger partial charge in [-0.25, -0.2) is 5.01 Å². The Kier molecular flexibility index (Phi) is 6.04. The van der Waals surface area contributed by atoms with Crippen LogP contribution in [0.5, 0.6) is 5.75 Å². The lowest BCUT2D eigenvalue weighted by Crippen LogP contribution is -2.46. The van der Waals surface area contributed by atoms with E-state index in [2.05, 4.69) is 5.10 Å². The van der Waals surface area contributed by atoms with Crippen molar-refractivity contribution in [1.82, 2.24) is 9.91 Å². The summed E-state index contributed by atoms with van der Waals surface area (Å²) in [7, 11) is 1.58. The molecular formula is C22H24F3N3O3. The zero-order valence-electron chi connectivity index (χ0n) is 17.1. The predicted octanol–water partition coefficient (Wildman–Crippen LogP) is 4.24. The molecule has 3 heterocycles. The second-order valence-electron chi connectivity index (χ2n) is 7.86. The third kappa shape index (κ3) is 4.76. The van der Waals surface area contributed by atoms with Gasteiger partial charge in [0.2, 0.25) is 0 Å². The number of hydrazone groups is 1. The maximum absolute atomic E-state index is 13.1. The first kappa shape index (κ1) is 21.4. The molecule has 166 valence electrons. The van der Waals surface area contributed by atoms with Crippen molar-refractivity contribution in [2.75, 3.05) is 26.7 Å². The van der Waals surface area contributed by atoms with E-state index in [0.29, 0.717) is 36.6 Å². The smallest absolute Gasteiger partial charge is 0.393 e. The molecule has 4 rings (SSSR count). The number of carbonyl (C=O) groups is 1. The summed E-state index contributed by atoms with van der Waals surface area (Å²) < 4.78 is 50.1. The molecule has 0 aliphatic carbocycles. The maximum atomic E-state index is 13.1. The average molecular weight is 435 g/mol. The Morgan fingerprint density at radius 1 is 1.26 bits per heavy atom. The molecule has 2 unspecified atom stereocenters. The second kappa shape index (κ2) is 8.74. The number of halogens is 3. The highest BCUT2D eigenvalue weighted by atomic mass is 19.4. The minimum Gasteiger partial charge on any atom is -0.497 e. The molecule has 2 aromatic rings. The highest BCUT2D eigenvalue weighted by Crippen LogP contribution is 2.35. The molecule has 0 radical (unpaired) electrons. The number of alkyl halides is 3. The fourth-order valence-electron chi connectivity index (χ4n) is 4.13. The van der Waals surface area contributed by atoms with Crippen LogP contribution in [0.4, 0.5) is 13.2 Å². The number of furan rings is 1. The molecule has 0 saturated carbocycles. The molecule has 1 aromatic carbocycles. The van der Waals surface area contributed by atoms with E-state index < -0.39 is 18.1 Å². The van der Waals surface area contributed by atoms with Gasteiger partial charge in [0.25, 0.3) is 5.91 Å². The van der Waals surface area contributed by atoms with Crippen LogP contribution in [0.3, 0.4) is 0 Å². The molecule has 0 bridgehead atoms. The van der Waals surface area contributed by atoms with Crippen molar-refractivity contribution in [2.45, 2.75) is 31.5 Å². The van der Waals surface area contributed by atoms with Crippen LogP contribution in [0, 0.1) is 5.92 Å². The number of likely N-dealkylation sites (tertiary alicyclic amines) is 1. The molecule has 1 fully saturated rings. The highest BCUT2D eigenvalue weighted by molar-refractivity contribution is 6.03. The Morgan fingerprint density at radius 3 is 2.68 bits per heavy atom. The normalized spacial score (nSPS) is 22.5. The van der Waals surface area contributed by atoms with Gasteiger partial charge in [0.1, 0.15) is 17.6 Å². The number of carbonyl (C=O) groups excluding carboxylic acids is 1. The summed E-state index contributed by atoms with van der Waals surface area (Å²) in [6.07, 6.45) is -1.74. The fraction of sp³-hybridized carbons (Fsp3) is 0.455. The molecule has 2 aliphatic heterocycles. The lowest BCUT2D eigenvalue weighted by Gasteiger charge is -2.34. The zero-order valence-corrected chi connectivity index (χ0v) is 17.1. The number of benzene rings is 1. The number of amides is 1. The second-order valence-corrected chi connectivity index (χ2v) is 7.86. The number of hydrogen-bond donors (Lipinski definition) is 0. The van der Waals surface area contributed by atoms with Gasteiger partial charge in [-0.3, -0.25) is 9.69 Å². The monoisotopic (exact) mass is 435 g/mol. The van der Waals surface area contributed by atoms with Gasteiger partial charge in [0.05, 0.1) is 31.5 Å². The van der Waals surface area contributed by atoms with Crippen molar-refractivity contribution >= 4 is 11.6 Å². The molecule has 2 atom stereocenters. The summed E-state index contributed by atoms with van der Waals surface area (Å²) in [6, 6.07) is 10.4. The SMILES string of the molecule is COc1ccc(C2=NN(C(=O)CN3CCCC(C(F)(F)F)C3)C(c3ccco3)C2)cc1. The molecule has 2 aliphatic rings. The Morgan fingerprint density at radius 2 is 2.03 bits per heavy atom. The van der Waals surface area contributed by atoms with Crippen LogP contribution >= 0.6 is 0 Å². The van der Waals surface area contributed by atoms with E-state index in [1.54, 1.807) is 24.1 Å². The van der Waals surface area contributed by atoms with Crippen molar-refractivity contribution in [3.05, 3.63) is 54.0 Å². The van der Waals surface area contributed by atoms with E-state index in [4.69, 9.17) is 9.15 Å². The van der Waals surface area contributed by atoms with E-state index in [9.17, 15) is 18.0 Å². The maximum Gasteiger partial charge on any atom is 0.393 e. The van der Waals surface area contributed by atoms with Gasteiger partial charge in [-0.2, -0.15) is 18.3 Å². The van der Waals surface area contributed by atoms with Crippen LogP contribution < -0.4 is 4.74 Å². The molecule has 31 heavy (non-hydrogen) atoms. The summed E-state index contributed by atoms with van der Waals surface area (Å²) >= 11 is 0. The lowest BCUT2D eigenvalue weighted by molar-refractivity contribution is -0.187. The van der Waals surface area contributed by atoms with Gasteiger partial charge in [0.15, 0.2) is 0 Å². The van der Waals surface area contributed by atoms with Crippen LogP contribution in [0.15, 0.2) is 52.2 Å². The van der Waals surface area contributed by atoms with Crippen molar-refractivity contribution in [2.24, 2.45) is 11.0 Å². The number of rotatable bonds is 5.